The van der Waals surface area contributed by atoms with Gasteiger partial charge in [-0.15, -0.1) is 0 Å². The molecule has 0 saturated heterocycles. The van der Waals surface area contributed by atoms with Crippen LogP contribution in [0.15, 0.2) is 18.2 Å². The maximum Gasteiger partial charge on any atom is 0.227 e. The first-order valence-corrected chi connectivity index (χ1v) is 8.50. The fourth-order valence-corrected chi connectivity index (χ4v) is 3.63. The van der Waals surface area contributed by atoms with Crippen LogP contribution in [0.3, 0.4) is 0 Å². The van der Waals surface area contributed by atoms with E-state index in [0.717, 1.165) is 37.7 Å². The number of rotatable bonds is 3. The largest absolute Gasteiger partial charge is 0.492 e. The lowest BCUT2D eigenvalue weighted by molar-refractivity contribution is -0.127. The van der Waals surface area contributed by atoms with Crippen molar-refractivity contribution in [1.29, 1.82) is 0 Å². The molecular formula is C18H24FNO3. The zero-order valence-electron chi connectivity index (χ0n) is 13.3. The molecule has 3 rings (SSSR count). The summed E-state index contributed by atoms with van der Waals surface area (Å²) in [6.45, 7) is 0.432. The molecule has 5 heteroatoms. The van der Waals surface area contributed by atoms with Gasteiger partial charge in [0.2, 0.25) is 5.91 Å². The molecule has 1 saturated carbocycles. The Hall–Kier alpha value is -1.62. The summed E-state index contributed by atoms with van der Waals surface area (Å²) in [6, 6.07) is 4.46. The van der Waals surface area contributed by atoms with Gasteiger partial charge in [-0.1, -0.05) is 19.3 Å². The van der Waals surface area contributed by atoms with E-state index >= 15 is 0 Å². The molecule has 4 nitrogen and oxygen atoms in total. The monoisotopic (exact) mass is 321 g/mol. The molecule has 2 aliphatic rings. The Bertz CT molecular complexity index is 563. The van der Waals surface area contributed by atoms with Crippen molar-refractivity contribution in [3.63, 3.8) is 0 Å². The number of aliphatic hydroxyl groups excluding tert-OH is 1. The minimum Gasteiger partial charge on any atom is -0.492 e. The van der Waals surface area contributed by atoms with E-state index in [1.807, 2.05) is 0 Å². The zero-order chi connectivity index (χ0) is 16.2. The Morgan fingerprint density at radius 3 is 2.96 bits per heavy atom. The van der Waals surface area contributed by atoms with Gasteiger partial charge in [-0.2, -0.15) is 0 Å². The van der Waals surface area contributed by atoms with E-state index in [-0.39, 0.29) is 36.2 Å². The number of halogens is 1. The SMILES string of the molecule is O=C(NC1CCCCCC1CO)C1COc2ccc(F)cc2C1. The third-order valence-electron chi connectivity index (χ3n) is 5.02. The number of amides is 1. The average Bonchev–Trinajstić information content (AvgIpc) is 2.79. The average molecular weight is 321 g/mol. The van der Waals surface area contributed by atoms with Crippen molar-refractivity contribution in [2.24, 2.45) is 11.8 Å². The number of nitrogens with one attached hydrogen (secondary N) is 1. The third-order valence-corrected chi connectivity index (χ3v) is 5.02. The van der Waals surface area contributed by atoms with Gasteiger partial charge in [-0.25, -0.2) is 4.39 Å². The second-order valence-electron chi connectivity index (χ2n) is 6.66. The molecule has 1 aliphatic carbocycles. The highest BCUT2D eigenvalue weighted by molar-refractivity contribution is 5.80. The molecule has 1 amide bonds. The van der Waals surface area contributed by atoms with Crippen molar-refractivity contribution in [3.05, 3.63) is 29.6 Å². The Labute approximate surface area is 136 Å². The van der Waals surface area contributed by atoms with Gasteiger partial charge in [0.25, 0.3) is 0 Å². The van der Waals surface area contributed by atoms with Crippen LogP contribution in [-0.2, 0) is 11.2 Å². The number of fused-ring (bicyclic) bond motifs is 1. The van der Waals surface area contributed by atoms with Crippen LogP contribution in [0.1, 0.15) is 37.7 Å². The van der Waals surface area contributed by atoms with Crippen molar-refractivity contribution in [1.82, 2.24) is 5.32 Å². The molecule has 0 aromatic heterocycles. The van der Waals surface area contributed by atoms with Crippen molar-refractivity contribution in [2.45, 2.75) is 44.6 Å². The van der Waals surface area contributed by atoms with Crippen molar-refractivity contribution in [2.75, 3.05) is 13.2 Å². The summed E-state index contributed by atoms with van der Waals surface area (Å²) in [5.41, 5.74) is 0.746. The Morgan fingerprint density at radius 1 is 1.30 bits per heavy atom. The Morgan fingerprint density at radius 2 is 2.13 bits per heavy atom. The van der Waals surface area contributed by atoms with Crippen LogP contribution in [0.5, 0.6) is 5.75 Å². The maximum atomic E-state index is 13.4. The summed E-state index contributed by atoms with van der Waals surface area (Å²) in [5.74, 6) is 0.142. The van der Waals surface area contributed by atoms with Crippen molar-refractivity contribution < 1.29 is 19.0 Å². The van der Waals surface area contributed by atoms with Gasteiger partial charge >= 0.3 is 0 Å². The van der Waals surface area contributed by atoms with E-state index in [2.05, 4.69) is 5.32 Å². The Balaban J connectivity index is 1.64. The standard InChI is InChI=1S/C18H24FNO3/c19-15-6-7-17-13(9-15)8-14(11-23-17)18(22)20-16-5-3-1-2-4-12(16)10-21/h6-7,9,12,14,16,21H,1-5,8,10-11H2,(H,20,22). The number of hydrogen-bond acceptors (Lipinski definition) is 3. The minimum absolute atomic E-state index is 0.0314. The molecule has 0 spiro atoms. The smallest absolute Gasteiger partial charge is 0.227 e. The normalized spacial score (nSPS) is 27.5. The number of aliphatic hydroxyl groups is 1. The summed E-state index contributed by atoms with van der Waals surface area (Å²) < 4.78 is 19.0. The fraction of sp³-hybridized carbons (Fsp3) is 0.611. The predicted molar refractivity (Wildman–Crippen MR) is 84.7 cm³/mol. The van der Waals surface area contributed by atoms with E-state index in [9.17, 15) is 14.3 Å². The van der Waals surface area contributed by atoms with Gasteiger partial charge in [0, 0.05) is 18.6 Å². The second-order valence-corrected chi connectivity index (χ2v) is 6.66. The third kappa shape index (κ3) is 3.83. The van der Waals surface area contributed by atoms with Crippen LogP contribution in [-0.4, -0.2) is 30.3 Å². The highest BCUT2D eigenvalue weighted by Crippen LogP contribution is 2.29. The molecule has 3 unspecified atom stereocenters. The highest BCUT2D eigenvalue weighted by atomic mass is 19.1. The number of carbonyl (C=O) groups excluding carboxylic acids is 1. The van der Waals surface area contributed by atoms with Gasteiger partial charge in [0.15, 0.2) is 0 Å². The summed E-state index contributed by atoms with van der Waals surface area (Å²) in [5, 5.41) is 12.7. The van der Waals surface area contributed by atoms with Crippen LogP contribution in [0, 0.1) is 17.7 Å². The summed E-state index contributed by atoms with van der Waals surface area (Å²) in [7, 11) is 0. The highest BCUT2D eigenvalue weighted by Gasteiger charge is 2.30. The predicted octanol–water partition coefficient (Wildman–Crippen LogP) is 2.43. The molecule has 1 heterocycles. The Kier molecular flexibility index (Phi) is 5.16. The summed E-state index contributed by atoms with van der Waals surface area (Å²) >= 11 is 0. The van der Waals surface area contributed by atoms with E-state index in [1.165, 1.54) is 12.1 Å². The lowest BCUT2D eigenvalue weighted by Crippen LogP contribution is -2.46. The number of carbonyl (C=O) groups is 1. The van der Waals surface area contributed by atoms with Crippen LogP contribution < -0.4 is 10.1 Å². The van der Waals surface area contributed by atoms with Crippen LogP contribution in [0.25, 0.3) is 0 Å². The number of hydrogen-bond donors (Lipinski definition) is 2. The molecule has 1 aliphatic heterocycles. The van der Waals surface area contributed by atoms with Gasteiger partial charge in [-0.3, -0.25) is 4.79 Å². The van der Waals surface area contributed by atoms with E-state index in [4.69, 9.17) is 4.74 Å². The first kappa shape index (κ1) is 16.2. The van der Waals surface area contributed by atoms with E-state index in [0.29, 0.717) is 18.8 Å². The van der Waals surface area contributed by atoms with Gasteiger partial charge < -0.3 is 15.2 Å². The van der Waals surface area contributed by atoms with Gasteiger partial charge in [0.05, 0.1) is 5.92 Å². The molecule has 126 valence electrons. The summed E-state index contributed by atoms with van der Waals surface area (Å²) in [6.07, 6.45) is 5.71. The first-order valence-electron chi connectivity index (χ1n) is 8.50. The van der Waals surface area contributed by atoms with Crippen LogP contribution in [0.4, 0.5) is 4.39 Å². The minimum atomic E-state index is -0.308. The molecule has 1 fully saturated rings. The van der Waals surface area contributed by atoms with E-state index in [1.54, 1.807) is 6.07 Å². The van der Waals surface area contributed by atoms with Crippen LogP contribution >= 0.6 is 0 Å². The first-order chi connectivity index (χ1) is 11.2. The number of benzene rings is 1. The van der Waals surface area contributed by atoms with Crippen molar-refractivity contribution >= 4 is 5.91 Å². The van der Waals surface area contributed by atoms with E-state index < -0.39 is 0 Å². The molecule has 2 N–H and O–H groups in total. The quantitative estimate of drug-likeness (QED) is 0.841. The molecular weight excluding hydrogens is 297 g/mol. The lowest BCUT2D eigenvalue weighted by Gasteiger charge is -2.29. The lowest BCUT2D eigenvalue weighted by atomic mass is 9.92. The molecule has 0 radical (unpaired) electrons. The zero-order valence-corrected chi connectivity index (χ0v) is 13.3. The fourth-order valence-electron chi connectivity index (χ4n) is 3.63. The molecule has 1 aromatic carbocycles. The second kappa shape index (κ2) is 7.30. The molecule has 1 aromatic rings. The molecule has 23 heavy (non-hydrogen) atoms. The van der Waals surface area contributed by atoms with Crippen LogP contribution in [0.2, 0.25) is 0 Å². The maximum absolute atomic E-state index is 13.4. The van der Waals surface area contributed by atoms with Gasteiger partial charge in [-0.05, 0) is 43.0 Å². The summed E-state index contributed by atoms with van der Waals surface area (Å²) in [4.78, 5) is 12.6. The van der Waals surface area contributed by atoms with Crippen molar-refractivity contribution in [3.8, 4) is 5.75 Å². The topological polar surface area (TPSA) is 58.6 Å². The van der Waals surface area contributed by atoms with Gasteiger partial charge in [0.1, 0.15) is 18.2 Å². The molecule has 0 bridgehead atoms. The number of ether oxygens (including phenoxy) is 1. The molecule has 3 atom stereocenters.